The van der Waals surface area contributed by atoms with Crippen LogP contribution in [0, 0.1) is 11.3 Å². The first-order valence-corrected chi connectivity index (χ1v) is 5.25. The quantitative estimate of drug-likeness (QED) is 0.787. The smallest absolute Gasteiger partial charge is 0.304 e. The van der Waals surface area contributed by atoms with Crippen molar-refractivity contribution < 1.29 is 9.90 Å². The normalized spacial score (nSPS) is 11.7. The second-order valence-corrected chi connectivity index (χ2v) is 4.46. The van der Waals surface area contributed by atoms with Crippen molar-refractivity contribution in [1.29, 1.82) is 5.26 Å². The second-order valence-electron chi connectivity index (χ2n) is 3.00. The number of nitriles is 1. The van der Waals surface area contributed by atoms with E-state index in [-0.39, 0.29) is 11.7 Å². The Labute approximate surface area is 91.9 Å². The lowest BCUT2D eigenvalue weighted by Gasteiger charge is -2.06. The number of carbonyl (C=O) groups is 1. The molecule has 1 rings (SSSR count). The first-order valence-electron chi connectivity index (χ1n) is 4.37. The van der Waals surface area contributed by atoms with Gasteiger partial charge in [-0.05, 0) is 12.1 Å². The number of carboxylic acid groups (broad SMARTS) is 1. The molecule has 0 aliphatic carbocycles. The number of aliphatic carboxylic acids is 1. The van der Waals surface area contributed by atoms with Crippen LogP contribution in [0.3, 0.4) is 0 Å². The van der Waals surface area contributed by atoms with Crippen LogP contribution in [-0.4, -0.2) is 21.3 Å². The van der Waals surface area contributed by atoms with Crippen molar-refractivity contribution in [3.05, 3.63) is 23.9 Å². The fourth-order valence-corrected chi connectivity index (χ4v) is 1.98. The molecule has 0 saturated heterocycles. The van der Waals surface area contributed by atoms with E-state index < -0.39 is 5.97 Å². The molecule has 1 aromatic heterocycles. The maximum atomic E-state index is 10.4. The number of nitrogens with zero attached hydrogens (tertiary/aromatic N) is 2. The van der Waals surface area contributed by atoms with Gasteiger partial charge in [0.15, 0.2) is 0 Å². The molecule has 78 valence electrons. The third-order valence-electron chi connectivity index (χ3n) is 1.62. The van der Waals surface area contributed by atoms with E-state index in [9.17, 15) is 4.79 Å². The number of pyridine rings is 1. The first-order chi connectivity index (χ1) is 7.11. The van der Waals surface area contributed by atoms with Crippen molar-refractivity contribution in [2.24, 2.45) is 0 Å². The van der Waals surface area contributed by atoms with Crippen LogP contribution in [0.2, 0.25) is 0 Å². The zero-order chi connectivity index (χ0) is 11.3. The largest absolute Gasteiger partial charge is 0.481 e. The number of rotatable bonds is 4. The molecule has 1 unspecified atom stereocenters. The molecule has 0 spiro atoms. The minimum atomic E-state index is -0.827. The predicted octanol–water partition coefficient (Wildman–Crippen LogP) is 1.91. The number of aromatic nitrogens is 1. The Morgan fingerprint density at radius 1 is 1.73 bits per heavy atom. The van der Waals surface area contributed by atoms with Crippen LogP contribution in [0.25, 0.3) is 0 Å². The number of carboxylic acids is 1. The minimum absolute atomic E-state index is 0.0519. The molecule has 1 atom stereocenters. The van der Waals surface area contributed by atoms with Crippen molar-refractivity contribution in [2.75, 3.05) is 0 Å². The SMILES string of the molecule is CC(CC(=O)O)Sc1cccc(C#N)n1. The lowest BCUT2D eigenvalue weighted by atomic mass is 10.3. The molecule has 0 radical (unpaired) electrons. The lowest BCUT2D eigenvalue weighted by molar-refractivity contribution is -0.136. The van der Waals surface area contributed by atoms with Crippen molar-refractivity contribution in [1.82, 2.24) is 4.98 Å². The maximum Gasteiger partial charge on any atom is 0.304 e. The standard InChI is InChI=1S/C10H10N2O2S/c1-7(5-10(13)14)15-9-4-2-3-8(6-11)12-9/h2-4,7H,5H2,1H3,(H,13,14). The molecule has 1 heterocycles. The van der Waals surface area contributed by atoms with E-state index in [1.165, 1.54) is 11.8 Å². The molecule has 0 saturated carbocycles. The summed E-state index contributed by atoms with van der Waals surface area (Å²) in [6.45, 7) is 1.82. The van der Waals surface area contributed by atoms with Gasteiger partial charge in [-0.25, -0.2) is 4.98 Å². The van der Waals surface area contributed by atoms with E-state index in [1.807, 2.05) is 13.0 Å². The Bertz CT molecular complexity index is 401. The highest BCUT2D eigenvalue weighted by atomic mass is 32.2. The van der Waals surface area contributed by atoms with E-state index in [0.717, 1.165) is 0 Å². The molecule has 0 fully saturated rings. The van der Waals surface area contributed by atoms with Crippen LogP contribution in [0.5, 0.6) is 0 Å². The summed E-state index contributed by atoms with van der Waals surface area (Å²) in [4.78, 5) is 14.5. The van der Waals surface area contributed by atoms with Gasteiger partial charge in [-0.2, -0.15) is 5.26 Å². The number of thioether (sulfide) groups is 1. The fraction of sp³-hybridized carbons (Fsp3) is 0.300. The minimum Gasteiger partial charge on any atom is -0.481 e. The summed E-state index contributed by atoms with van der Waals surface area (Å²) in [6, 6.07) is 7.06. The molecule has 0 aromatic carbocycles. The molecule has 5 heteroatoms. The lowest BCUT2D eigenvalue weighted by Crippen LogP contribution is -2.05. The Hall–Kier alpha value is -1.54. The van der Waals surface area contributed by atoms with E-state index in [2.05, 4.69) is 4.98 Å². The monoisotopic (exact) mass is 222 g/mol. The zero-order valence-electron chi connectivity index (χ0n) is 8.17. The Kier molecular flexibility index (Phi) is 4.13. The number of hydrogen-bond donors (Lipinski definition) is 1. The summed E-state index contributed by atoms with van der Waals surface area (Å²) in [5.41, 5.74) is 0.350. The van der Waals surface area contributed by atoms with Gasteiger partial charge in [0.1, 0.15) is 11.8 Å². The van der Waals surface area contributed by atoms with E-state index in [1.54, 1.807) is 18.2 Å². The summed E-state index contributed by atoms with van der Waals surface area (Å²) < 4.78 is 0. The highest BCUT2D eigenvalue weighted by Gasteiger charge is 2.10. The van der Waals surface area contributed by atoms with Gasteiger partial charge in [0.25, 0.3) is 0 Å². The van der Waals surface area contributed by atoms with Crippen molar-refractivity contribution in [3.8, 4) is 6.07 Å². The van der Waals surface area contributed by atoms with Gasteiger partial charge >= 0.3 is 5.97 Å². The average Bonchev–Trinajstić information content (AvgIpc) is 2.16. The van der Waals surface area contributed by atoms with Crippen LogP contribution < -0.4 is 0 Å². The Balaban J connectivity index is 2.64. The summed E-state index contributed by atoms with van der Waals surface area (Å²) in [5, 5.41) is 17.8. The maximum absolute atomic E-state index is 10.4. The van der Waals surface area contributed by atoms with Crippen molar-refractivity contribution in [2.45, 2.75) is 23.6 Å². The van der Waals surface area contributed by atoms with Gasteiger partial charge in [-0.3, -0.25) is 4.79 Å². The third kappa shape index (κ3) is 4.00. The summed E-state index contributed by atoms with van der Waals surface area (Å²) in [5.74, 6) is -0.827. The molecule has 15 heavy (non-hydrogen) atoms. The Morgan fingerprint density at radius 3 is 3.07 bits per heavy atom. The van der Waals surface area contributed by atoms with Crippen LogP contribution in [0.15, 0.2) is 23.2 Å². The highest BCUT2D eigenvalue weighted by Crippen LogP contribution is 2.23. The van der Waals surface area contributed by atoms with Crippen LogP contribution in [0.4, 0.5) is 0 Å². The van der Waals surface area contributed by atoms with Crippen LogP contribution >= 0.6 is 11.8 Å². The van der Waals surface area contributed by atoms with E-state index in [0.29, 0.717) is 10.7 Å². The van der Waals surface area contributed by atoms with Crippen LogP contribution in [-0.2, 0) is 4.79 Å². The van der Waals surface area contributed by atoms with Gasteiger partial charge in [0.05, 0.1) is 11.4 Å². The second kappa shape index (κ2) is 5.37. The predicted molar refractivity (Wildman–Crippen MR) is 56.5 cm³/mol. The molecular formula is C10H10N2O2S. The van der Waals surface area contributed by atoms with Crippen molar-refractivity contribution in [3.63, 3.8) is 0 Å². The number of hydrogen-bond acceptors (Lipinski definition) is 4. The molecule has 1 N–H and O–H groups in total. The molecular weight excluding hydrogens is 212 g/mol. The Morgan fingerprint density at radius 2 is 2.47 bits per heavy atom. The van der Waals surface area contributed by atoms with Crippen LogP contribution in [0.1, 0.15) is 19.0 Å². The van der Waals surface area contributed by atoms with Gasteiger partial charge in [-0.1, -0.05) is 13.0 Å². The highest BCUT2D eigenvalue weighted by molar-refractivity contribution is 7.99. The molecule has 0 aliphatic rings. The van der Waals surface area contributed by atoms with Gasteiger partial charge < -0.3 is 5.11 Å². The molecule has 4 nitrogen and oxygen atoms in total. The van der Waals surface area contributed by atoms with E-state index in [4.69, 9.17) is 10.4 Å². The zero-order valence-corrected chi connectivity index (χ0v) is 8.99. The summed E-state index contributed by atoms with van der Waals surface area (Å²) in [6.07, 6.45) is 0.0864. The first kappa shape index (κ1) is 11.5. The van der Waals surface area contributed by atoms with E-state index >= 15 is 0 Å². The molecule has 0 amide bonds. The van der Waals surface area contributed by atoms with Gasteiger partial charge in [0.2, 0.25) is 0 Å². The topological polar surface area (TPSA) is 74.0 Å². The molecule has 0 bridgehead atoms. The van der Waals surface area contributed by atoms with Gasteiger partial charge in [0, 0.05) is 5.25 Å². The fourth-order valence-electron chi connectivity index (χ4n) is 1.04. The summed E-state index contributed by atoms with van der Waals surface area (Å²) in [7, 11) is 0. The third-order valence-corrected chi connectivity index (χ3v) is 2.66. The summed E-state index contributed by atoms with van der Waals surface area (Å²) >= 11 is 1.36. The molecule has 0 aliphatic heterocycles. The average molecular weight is 222 g/mol. The van der Waals surface area contributed by atoms with Gasteiger partial charge in [-0.15, -0.1) is 11.8 Å². The molecule has 1 aromatic rings. The van der Waals surface area contributed by atoms with Crippen molar-refractivity contribution >= 4 is 17.7 Å².